The van der Waals surface area contributed by atoms with E-state index in [1.807, 2.05) is 6.20 Å². The Morgan fingerprint density at radius 2 is 2.37 bits per heavy atom. The van der Waals surface area contributed by atoms with Crippen LogP contribution in [0.25, 0.3) is 0 Å². The molecule has 5 nitrogen and oxygen atoms in total. The highest BCUT2D eigenvalue weighted by Gasteiger charge is 2.49. The Morgan fingerprint density at radius 1 is 1.58 bits per heavy atom. The van der Waals surface area contributed by atoms with Crippen LogP contribution in [-0.2, 0) is 14.9 Å². The molecule has 2 fully saturated rings. The first-order chi connectivity index (χ1) is 9.15. The summed E-state index contributed by atoms with van der Waals surface area (Å²) in [6, 6.07) is 0. The van der Waals surface area contributed by atoms with Crippen molar-refractivity contribution in [1.29, 1.82) is 0 Å². The molecule has 104 valence electrons. The Balaban J connectivity index is 1.82. The van der Waals surface area contributed by atoms with Gasteiger partial charge in [0, 0.05) is 24.4 Å². The van der Waals surface area contributed by atoms with E-state index in [1.165, 1.54) is 7.11 Å². The van der Waals surface area contributed by atoms with E-state index in [-0.39, 0.29) is 5.97 Å². The second kappa shape index (κ2) is 4.63. The third kappa shape index (κ3) is 1.96. The van der Waals surface area contributed by atoms with Crippen molar-refractivity contribution in [2.75, 3.05) is 27.2 Å². The number of esters is 1. The zero-order valence-electron chi connectivity index (χ0n) is 11.6. The molecule has 1 saturated heterocycles. The number of nitrogens with one attached hydrogen (secondary N) is 1. The van der Waals surface area contributed by atoms with Gasteiger partial charge in [-0.2, -0.15) is 0 Å². The van der Waals surface area contributed by atoms with Crippen LogP contribution >= 0.6 is 0 Å². The highest BCUT2D eigenvalue weighted by Crippen LogP contribution is 2.43. The summed E-state index contributed by atoms with van der Waals surface area (Å²) >= 11 is 0. The number of nitrogens with zero attached hydrogens (tertiary/aromatic N) is 2. The van der Waals surface area contributed by atoms with Gasteiger partial charge in [0.25, 0.3) is 0 Å². The average molecular weight is 263 g/mol. The molecule has 1 aliphatic carbocycles. The van der Waals surface area contributed by atoms with Crippen molar-refractivity contribution in [2.45, 2.75) is 37.0 Å². The van der Waals surface area contributed by atoms with Gasteiger partial charge in [0.15, 0.2) is 0 Å². The van der Waals surface area contributed by atoms with Crippen LogP contribution in [0.4, 0.5) is 0 Å². The van der Waals surface area contributed by atoms with Gasteiger partial charge in [0.05, 0.1) is 7.11 Å². The zero-order valence-corrected chi connectivity index (χ0v) is 11.6. The Bertz CT molecular complexity index is 479. The molecule has 0 amide bonds. The summed E-state index contributed by atoms with van der Waals surface area (Å²) < 4.78 is 4.96. The van der Waals surface area contributed by atoms with Gasteiger partial charge >= 0.3 is 5.97 Å². The van der Waals surface area contributed by atoms with Crippen LogP contribution in [0.2, 0.25) is 0 Å². The molecule has 1 saturated carbocycles. The third-order valence-corrected chi connectivity index (χ3v) is 4.66. The molecule has 1 aliphatic heterocycles. The van der Waals surface area contributed by atoms with Crippen molar-refractivity contribution in [2.24, 2.45) is 0 Å². The average Bonchev–Trinajstić information content (AvgIpc) is 2.96. The number of carbonyl (C=O) groups is 1. The fraction of sp³-hybridized carbons (Fsp3) is 0.714. The number of hydrogen-bond donors (Lipinski definition) is 1. The van der Waals surface area contributed by atoms with E-state index >= 15 is 0 Å². The molecule has 1 unspecified atom stereocenters. The Hall–Kier alpha value is -1.36. The van der Waals surface area contributed by atoms with Crippen molar-refractivity contribution >= 4 is 5.97 Å². The first-order valence-corrected chi connectivity index (χ1v) is 6.98. The fourth-order valence-electron chi connectivity index (χ4n) is 3.24. The highest BCUT2D eigenvalue weighted by molar-refractivity contribution is 5.83. The second-order valence-corrected chi connectivity index (χ2v) is 5.86. The first kappa shape index (κ1) is 12.7. The smallest absolute Gasteiger partial charge is 0.319 e. The number of H-pyrrole nitrogens is 1. The van der Waals surface area contributed by atoms with Gasteiger partial charge in [-0.05, 0) is 32.9 Å². The van der Waals surface area contributed by atoms with E-state index in [4.69, 9.17) is 4.74 Å². The summed E-state index contributed by atoms with van der Waals surface area (Å²) in [5.74, 6) is 1.17. The molecule has 1 N–H and O–H groups in total. The lowest BCUT2D eigenvalue weighted by Crippen LogP contribution is -2.44. The number of ether oxygens (including phenoxy) is 1. The number of aromatic nitrogens is 2. The van der Waals surface area contributed by atoms with Gasteiger partial charge in [-0.25, -0.2) is 4.98 Å². The summed E-state index contributed by atoms with van der Waals surface area (Å²) in [6.07, 6.45) is 5.82. The molecule has 0 spiro atoms. The van der Waals surface area contributed by atoms with Crippen LogP contribution in [-0.4, -0.2) is 48.1 Å². The Kier molecular flexibility index (Phi) is 3.09. The minimum atomic E-state index is -0.502. The molecule has 0 radical (unpaired) electrons. The molecule has 0 bridgehead atoms. The lowest BCUT2D eigenvalue weighted by molar-refractivity contribution is -0.151. The number of carbonyl (C=O) groups excluding carboxylic acids is 1. The SMILES string of the molecule is COC(=O)C1(c2ncc(C3CCN(C)C3)[nH]2)CCC1. The molecule has 0 aromatic carbocycles. The van der Waals surface area contributed by atoms with E-state index in [2.05, 4.69) is 21.9 Å². The molecule has 5 heteroatoms. The minimum Gasteiger partial charge on any atom is -0.468 e. The number of likely N-dealkylation sites (N-methyl/N-ethyl adjacent to an activating group) is 1. The summed E-state index contributed by atoms with van der Waals surface area (Å²) in [4.78, 5) is 22.2. The van der Waals surface area contributed by atoms with Crippen molar-refractivity contribution in [1.82, 2.24) is 14.9 Å². The largest absolute Gasteiger partial charge is 0.468 e. The molecular weight excluding hydrogens is 242 g/mol. The van der Waals surface area contributed by atoms with Crippen LogP contribution in [0.3, 0.4) is 0 Å². The van der Waals surface area contributed by atoms with Gasteiger partial charge in [0.1, 0.15) is 11.2 Å². The topological polar surface area (TPSA) is 58.2 Å². The monoisotopic (exact) mass is 263 g/mol. The van der Waals surface area contributed by atoms with Gasteiger partial charge < -0.3 is 14.6 Å². The van der Waals surface area contributed by atoms with Crippen molar-refractivity contribution in [3.8, 4) is 0 Å². The number of hydrogen-bond acceptors (Lipinski definition) is 4. The standard InChI is InChI=1S/C14H21N3O2/c1-17-7-4-10(9-17)11-8-15-12(16-11)14(5-3-6-14)13(18)19-2/h8,10H,3-7,9H2,1-2H3,(H,15,16). The van der Waals surface area contributed by atoms with E-state index in [1.54, 1.807) is 0 Å². The lowest BCUT2D eigenvalue weighted by Gasteiger charge is -2.36. The molecule has 19 heavy (non-hydrogen) atoms. The maximum atomic E-state index is 12.0. The quantitative estimate of drug-likeness (QED) is 0.838. The third-order valence-electron chi connectivity index (χ3n) is 4.66. The van der Waals surface area contributed by atoms with Gasteiger partial charge in [-0.3, -0.25) is 4.79 Å². The number of rotatable bonds is 3. The molecule has 2 aliphatic rings. The number of methoxy groups -OCH3 is 1. The molecule has 1 aromatic rings. The Morgan fingerprint density at radius 3 is 2.89 bits per heavy atom. The summed E-state index contributed by atoms with van der Waals surface area (Å²) in [7, 11) is 3.59. The van der Waals surface area contributed by atoms with Crippen LogP contribution in [0.1, 0.15) is 43.1 Å². The van der Waals surface area contributed by atoms with Crippen LogP contribution in [0, 0.1) is 0 Å². The fourth-order valence-corrected chi connectivity index (χ4v) is 3.24. The minimum absolute atomic E-state index is 0.150. The summed E-state index contributed by atoms with van der Waals surface area (Å²) in [5, 5.41) is 0. The van der Waals surface area contributed by atoms with Gasteiger partial charge in [-0.15, -0.1) is 0 Å². The van der Waals surface area contributed by atoms with E-state index in [9.17, 15) is 4.79 Å². The molecule has 3 rings (SSSR count). The van der Waals surface area contributed by atoms with Crippen molar-refractivity contribution < 1.29 is 9.53 Å². The predicted octanol–water partition coefficient (Wildman–Crippen LogP) is 1.42. The first-order valence-electron chi connectivity index (χ1n) is 6.98. The number of likely N-dealkylation sites (tertiary alicyclic amines) is 1. The highest BCUT2D eigenvalue weighted by atomic mass is 16.5. The van der Waals surface area contributed by atoms with Crippen molar-refractivity contribution in [3.05, 3.63) is 17.7 Å². The molecular formula is C14H21N3O2. The summed E-state index contributed by atoms with van der Waals surface area (Å²) in [5.41, 5.74) is 0.659. The van der Waals surface area contributed by atoms with Crippen molar-refractivity contribution in [3.63, 3.8) is 0 Å². The van der Waals surface area contributed by atoms with Crippen LogP contribution in [0.15, 0.2) is 6.20 Å². The Labute approximate surface area is 113 Å². The number of imidazole rings is 1. The predicted molar refractivity (Wildman–Crippen MR) is 71.0 cm³/mol. The van der Waals surface area contributed by atoms with Gasteiger partial charge in [-0.1, -0.05) is 6.42 Å². The molecule has 2 heterocycles. The lowest BCUT2D eigenvalue weighted by atomic mass is 9.68. The molecule has 1 atom stereocenters. The maximum Gasteiger partial charge on any atom is 0.319 e. The van der Waals surface area contributed by atoms with E-state index in [0.29, 0.717) is 5.92 Å². The van der Waals surface area contributed by atoms with Crippen LogP contribution in [0.5, 0.6) is 0 Å². The van der Waals surface area contributed by atoms with E-state index < -0.39 is 5.41 Å². The van der Waals surface area contributed by atoms with Crippen LogP contribution < -0.4 is 0 Å². The normalized spacial score (nSPS) is 26.1. The summed E-state index contributed by atoms with van der Waals surface area (Å²) in [6.45, 7) is 2.19. The second-order valence-electron chi connectivity index (χ2n) is 5.86. The number of aromatic amines is 1. The molecule has 1 aromatic heterocycles. The zero-order chi connectivity index (χ0) is 13.5. The van der Waals surface area contributed by atoms with E-state index in [0.717, 1.165) is 50.3 Å². The maximum absolute atomic E-state index is 12.0. The van der Waals surface area contributed by atoms with Gasteiger partial charge in [0.2, 0.25) is 0 Å².